The van der Waals surface area contributed by atoms with E-state index in [4.69, 9.17) is 0 Å². The topological polar surface area (TPSA) is 0 Å². The van der Waals surface area contributed by atoms with Crippen LogP contribution in [0.4, 0.5) is 0 Å². The Morgan fingerprint density at radius 1 is 1.12 bits per heavy atom. The Morgan fingerprint density at radius 2 is 1.60 bits per heavy atom. The maximum absolute atomic E-state index is 3.36. The van der Waals surface area contributed by atoms with Gasteiger partial charge < -0.3 is 24.8 Å². The van der Waals surface area contributed by atoms with Crippen molar-refractivity contribution in [1.29, 1.82) is 0 Å². The van der Waals surface area contributed by atoms with E-state index in [0.717, 1.165) is 15.9 Å². The molecular formula is C20H35Cl2HfSi2. The average Bonchev–Trinajstić information content (AvgIpc) is 2.95. The van der Waals surface area contributed by atoms with Crippen LogP contribution in [0.2, 0.25) is 38.8 Å². The zero-order valence-electron chi connectivity index (χ0n) is 17.5. The molecule has 2 aliphatic carbocycles. The van der Waals surface area contributed by atoms with E-state index in [1.807, 2.05) is 0 Å². The Hall–Kier alpha value is 0.844. The van der Waals surface area contributed by atoms with E-state index in [9.17, 15) is 0 Å². The molecule has 2 rings (SSSR count). The first-order valence-corrected chi connectivity index (χ1v) is 14.4. The molecule has 25 heavy (non-hydrogen) atoms. The van der Waals surface area contributed by atoms with E-state index in [1.54, 1.807) is 0 Å². The summed E-state index contributed by atoms with van der Waals surface area (Å²) in [4.78, 5) is 0. The van der Waals surface area contributed by atoms with Crippen molar-refractivity contribution in [1.82, 2.24) is 0 Å². The maximum Gasteiger partial charge on any atom is 4.00 e. The minimum Gasteiger partial charge on any atom is -1.00 e. The fraction of sp³-hybridized carbons (Fsp3) is 0.600. The summed E-state index contributed by atoms with van der Waals surface area (Å²) in [5, 5.41) is 0. The number of hydrogen-bond acceptors (Lipinski definition) is 0. The van der Waals surface area contributed by atoms with Crippen LogP contribution in [0.15, 0.2) is 34.4 Å². The molecule has 0 spiro atoms. The number of rotatable bonds is 2. The van der Waals surface area contributed by atoms with Gasteiger partial charge in [-0.2, -0.15) is 17.2 Å². The third-order valence-corrected chi connectivity index (χ3v) is 5.16. The molecule has 0 aromatic rings. The van der Waals surface area contributed by atoms with Crippen molar-refractivity contribution in [3.05, 3.63) is 46.6 Å². The minimum atomic E-state index is -0.873. The zero-order chi connectivity index (χ0) is 17.3. The first kappa shape index (κ1) is 33.4. The van der Waals surface area contributed by atoms with Gasteiger partial charge in [-0.05, 0) is 0 Å². The summed E-state index contributed by atoms with van der Waals surface area (Å²) in [7, 11) is -0.123. The summed E-state index contributed by atoms with van der Waals surface area (Å²) < 4.78 is 0. The molecule has 2 aliphatic rings. The van der Waals surface area contributed by atoms with Crippen LogP contribution < -0.4 is 24.8 Å². The van der Waals surface area contributed by atoms with Gasteiger partial charge in [0.15, 0.2) is 0 Å². The molecular weight excluding hydrogens is 546 g/mol. The monoisotopic (exact) mass is 581 g/mol. The summed E-state index contributed by atoms with van der Waals surface area (Å²) in [5.41, 5.74) is 5.69. The molecule has 1 unspecified atom stereocenters. The fourth-order valence-corrected chi connectivity index (χ4v) is 3.69. The standard InChI is InChI=1S/C9H15Si.C9H13.C2H7Si.2ClH.Hf/c1-10(2,3)8-9-6-4-5-7-9;1-6-5-7(2)9(4)8(6)3;1-3-2;;;/h4,6H,5,8H2,1-3H3;6H,1-4H3;3H,1-2H3;2*1H;/q2*-1;;;;+4/p-2. The van der Waals surface area contributed by atoms with Crippen LogP contribution in [-0.2, 0) is 25.8 Å². The van der Waals surface area contributed by atoms with Crippen LogP contribution in [0, 0.1) is 18.1 Å². The molecule has 0 bridgehead atoms. The Labute approximate surface area is 192 Å². The van der Waals surface area contributed by atoms with E-state index in [-0.39, 0.29) is 50.7 Å². The van der Waals surface area contributed by atoms with Crippen LogP contribution in [0.25, 0.3) is 0 Å². The van der Waals surface area contributed by atoms with Crippen molar-refractivity contribution >= 4 is 17.6 Å². The molecule has 5 heteroatoms. The van der Waals surface area contributed by atoms with Gasteiger partial charge in [0.25, 0.3) is 0 Å². The van der Waals surface area contributed by atoms with Crippen LogP contribution in [0.1, 0.15) is 34.1 Å². The minimum absolute atomic E-state index is 0. The number of halogens is 2. The summed E-state index contributed by atoms with van der Waals surface area (Å²) >= 11 is 0. The molecule has 0 N–H and O–H groups in total. The van der Waals surface area contributed by atoms with E-state index < -0.39 is 8.07 Å². The second kappa shape index (κ2) is 17.0. The smallest absolute Gasteiger partial charge is 1.00 e. The van der Waals surface area contributed by atoms with Crippen LogP contribution >= 0.6 is 0 Å². The Bertz CT molecular complexity index is 473. The van der Waals surface area contributed by atoms with Gasteiger partial charge >= 0.3 is 25.8 Å². The predicted molar refractivity (Wildman–Crippen MR) is 108 cm³/mol. The Balaban J connectivity index is -0.000000139. The number of allylic oxidation sites excluding steroid dienone is 8. The van der Waals surface area contributed by atoms with Crippen LogP contribution in [-0.4, -0.2) is 17.6 Å². The van der Waals surface area contributed by atoms with Gasteiger partial charge in [-0.1, -0.05) is 65.5 Å². The molecule has 0 aromatic heterocycles. The van der Waals surface area contributed by atoms with E-state index in [2.05, 4.69) is 84.7 Å². The normalized spacial score (nSPS) is 17.6. The van der Waals surface area contributed by atoms with Crippen molar-refractivity contribution in [2.24, 2.45) is 5.92 Å². The molecule has 0 fully saturated rings. The summed E-state index contributed by atoms with van der Waals surface area (Å²) in [6.07, 6.45) is 12.2. The molecule has 0 saturated carbocycles. The molecule has 1 radical (unpaired) electrons. The first-order chi connectivity index (χ1) is 10.1. The molecule has 0 amide bonds. The summed E-state index contributed by atoms with van der Waals surface area (Å²) in [6, 6.07) is 1.30. The van der Waals surface area contributed by atoms with Crippen molar-refractivity contribution in [3.63, 3.8) is 0 Å². The van der Waals surface area contributed by atoms with Crippen LogP contribution in [0.5, 0.6) is 0 Å². The third-order valence-electron chi connectivity index (χ3n) is 3.72. The molecule has 141 valence electrons. The van der Waals surface area contributed by atoms with Gasteiger partial charge in [0.2, 0.25) is 0 Å². The zero-order valence-corrected chi connectivity index (χ0v) is 24.7. The van der Waals surface area contributed by atoms with E-state index in [1.165, 1.54) is 28.3 Å². The SMILES string of the molecule is CC1=[C-]C(C)C(C)=C1C.C[SiH]C.C[Si](C)(C)CC1=[C-]CC=C1.[Cl-].[Cl-].[Hf+4]. The van der Waals surface area contributed by atoms with Gasteiger partial charge in [0.1, 0.15) is 0 Å². The molecule has 0 heterocycles. The summed E-state index contributed by atoms with van der Waals surface area (Å²) in [6.45, 7) is 20.3. The van der Waals surface area contributed by atoms with Crippen molar-refractivity contribution in [2.75, 3.05) is 0 Å². The largest absolute Gasteiger partial charge is 4.00 e. The van der Waals surface area contributed by atoms with Crippen LogP contribution in [0.3, 0.4) is 0 Å². The van der Waals surface area contributed by atoms with Gasteiger partial charge in [0.05, 0.1) is 0 Å². The fourth-order valence-electron chi connectivity index (χ4n) is 2.30. The molecule has 0 saturated heterocycles. The van der Waals surface area contributed by atoms with Gasteiger partial charge in [0, 0.05) is 17.6 Å². The Kier molecular flexibility index (Phi) is 22.7. The van der Waals surface area contributed by atoms with E-state index in [0.29, 0.717) is 5.92 Å². The first-order valence-electron chi connectivity index (χ1n) is 8.40. The average molecular weight is 581 g/mol. The summed E-state index contributed by atoms with van der Waals surface area (Å²) in [5.74, 6) is 0.560. The van der Waals surface area contributed by atoms with Crippen molar-refractivity contribution in [2.45, 2.75) is 72.9 Å². The quantitative estimate of drug-likeness (QED) is 0.325. The third kappa shape index (κ3) is 15.6. The van der Waals surface area contributed by atoms with Gasteiger partial charge in [-0.15, -0.1) is 13.3 Å². The maximum atomic E-state index is 3.36. The van der Waals surface area contributed by atoms with Gasteiger partial charge in [-0.25, -0.2) is 17.2 Å². The molecule has 0 aromatic carbocycles. The molecule has 0 aliphatic heterocycles. The van der Waals surface area contributed by atoms with Crippen molar-refractivity contribution in [3.8, 4) is 0 Å². The Morgan fingerprint density at radius 3 is 1.80 bits per heavy atom. The van der Waals surface area contributed by atoms with Gasteiger partial charge in [-0.3, -0.25) is 12.2 Å². The second-order valence-electron chi connectivity index (χ2n) is 7.42. The number of hydrogen-bond donors (Lipinski definition) is 0. The van der Waals surface area contributed by atoms with E-state index >= 15 is 0 Å². The molecule has 0 nitrogen and oxygen atoms in total. The van der Waals surface area contributed by atoms with Crippen molar-refractivity contribution < 1.29 is 50.7 Å². The predicted octanol–water partition coefficient (Wildman–Crippen LogP) is 0.261. The molecule has 1 atom stereocenters. The second-order valence-corrected chi connectivity index (χ2v) is 14.1.